The molecule has 1 aromatic heterocycles. The number of benzene rings is 1. The van der Waals surface area contributed by atoms with E-state index in [9.17, 15) is 4.79 Å². The first-order valence-corrected chi connectivity index (χ1v) is 10.7. The third-order valence-electron chi connectivity index (χ3n) is 5.23. The maximum atomic E-state index is 12.0. The number of carbonyl (C=O) groups excluding carboxylic acids is 1. The standard InChI is InChI=1S/C21H30N12O/c22-5-7-28-32-14-9-13(10-15(11-14)33(26)8-6-23)29-21-19(20(25)34)27-12-18(31-21)30-17-4-2-1-3-16(17)24/h5-12,16-17,22,32H,1-4,23-24,26H2,(H2,25,34)(H2,29,30,31)/b8-6-,22-5?,28-7-. The van der Waals surface area contributed by atoms with Gasteiger partial charge in [0.15, 0.2) is 11.5 Å². The van der Waals surface area contributed by atoms with E-state index in [0.717, 1.165) is 31.9 Å². The molecule has 3 rings (SSSR count). The third-order valence-corrected chi connectivity index (χ3v) is 5.23. The molecule has 2 unspecified atom stereocenters. The Kier molecular flexibility index (Phi) is 8.32. The van der Waals surface area contributed by atoms with Gasteiger partial charge in [-0.3, -0.25) is 15.2 Å². The Hall–Kier alpha value is -4.23. The highest BCUT2D eigenvalue weighted by molar-refractivity contribution is 6.14. The van der Waals surface area contributed by atoms with Crippen LogP contribution in [0.25, 0.3) is 0 Å². The van der Waals surface area contributed by atoms with Crippen LogP contribution in [0.5, 0.6) is 0 Å². The molecule has 13 nitrogen and oxygen atoms in total. The summed E-state index contributed by atoms with van der Waals surface area (Å²) in [7, 11) is 0. The Morgan fingerprint density at radius 3 is 2.71 bits per heavy atom. The first kappa shape index (κ1) is 24.4. The van der Waals surface area contributed by atoms with Crippen molar-refractivity contribution < 1.29 is 4.79 Å². The summed E-state index contributed by atoms with van der Waals surface area (Å²) in [4.78, 5) is 20.7. The number of primary amides is 1. The van der Waals surface area contributed by atoms with Crippen molar-refractivity contribution in [2.75, 3.05) is 21.1 Å². The summed E-state index contributed by atoms with van der Waals surface area (Å²) in [6, 6.07) is 5.23. The van der Waals surface area contributed by atoms with E-state index in [2.05, 4.69) is 31.1 Å². The SMILES string of the molecule is N=C/C=N\Nc1cc(Nc2nc(NC3CCCCC3N)cnc2C(N)=O)cc(N(N)/C=C\N)c1. The fraction of sp³-hybridized carbons (Fsp3) is 0.286. The van der Waals surface area contributed by atoms with Crippen LogP contribution in [0.4, 0.5) is 28.7 Å². The van der Waals surface area contributed by atoms with Crippen molar-refractivity contribution in [2.45, 2.75) is 37.8 Å². The Labute approximate surface area is 197 Å². The van der Waals surface area contributed by atoms with Gasteiger partial charge >= 0.3 is 0 Å². The van der Waals surface area contributed by atoms with Crippen molar-refractivity contribution in [3.63, 3.8) is 0 Å². The third kappa shape index (κ3) is 6.40. The number of rotatable bonds is 10. The molecule has 0 aliphatic heterocycles. The molecule has 0 radical (unpaired) electrons. The predicted molar refractivity (Wildman–Crippen MR) is 135 cm³/mol. The number of nitrogens with one attached hydrogen (secondary N) is 4. The molecule has 1 heterocycles. The van der Waals surface area contributed by atoms with Crippen LogP contribution in [0.3, 0.4) is 0 Å². The minimum atomic E-state index is -0.729. The van der Waals surface area contributed by atoms with E-state index in [-0.39, 0.29) is 23.6 Å². The molecule has 1 aliphatic rings. The predicted octanol–water partition coefficient (Wildman–Crippen LogP) is 1.16. The number of amides is 1. The average Bonchev–Trinajstić information content (AvgIpc) is 2.81. The van der Waals surface area contributed by atoms with Crippen molar-refractivity contribution >= 4 is 47.0 Å². The van der Waals surface area contributed by atoms with Gasteiger partial charge < -0.3 is 33.2 Å². The van der Waals surface area contributed by atoms with Crippen LogP contribution in [0, 0.1) is 5.41 Å². The van der Waals surface area contributed by atoms with Crippen molar-refractivity contribution in [1.29, 1.82) is 5.41 Å². The summed E-state index contributed by atoms with van der Waals surface area (Å²) in [6.45, 7) is 0. The molecule has 1 saturated carbocycles. The lowest BCUT2D eigenvalue weighted by Gasteiger charge is -2.29. The van der Waals surface area contributed by atoms with Crippen LogP contribution in [-0.4, -0.2) is 40.4 Å². The summed E-state index contributed by atoms with van der Waals surface area (Å²) >= 11 is 0. The largest absolute Gasteiger partial charge is 0.403 e. The summed E-state index contributed by atoms with van der Waals surface area (Å²) in [5.41, 5.74) is 21.6. The molecule has 13 heteroatoms. The fourth-order valence-electron chi connectivity index (χ4n) is 3.62. The van der Waals surface area contributed by atoms with Gasteiger partial charge in [-0.25, -0.2) is 15.8 Å². The molecular weight excluding hydrogens is 436 g/mol. The minimum Gasteiger partial charge on any atom is -0.403 e. The Morgan fingerprint density at radius 2 is 2.00 bits per heavy atom. The second-order valence-corrected chi connectivity index (χ2v) is 7.71. The lowest BCUT2D eigenvalue weighted by atomic mass is 9.91. The molecule has 180 valence electrons. The molecule has 1 aliphatic carbocycles. The van der Waals surface area contributed by atoms with Gasteiger partial charge in [-0.15, -0.1) is 0 Å². The number of nitrogens with zero attached hydrogens (tertiary/aromatic N) is 4. The van der Waals surface area contributed by atoms with Gasteiger partial charge in [0.2, 0.25) is 0 Å². The van der Waals surface area contributed by atoms with E-state index >= 15 is 0 Å². The number of anilines is 5. The molecule has 34 heavy (non-hydrogen) atoms. The van der Waals surface area contributed by atoms with Gasteiger partial charge in [0.25, 0.3) is 5.91 Å². The smallest absolute Gasteiger partial charge is 0.271 e. The monoisotopic (exact) mass is 466 g/mol. The van der Waals surface area contributed by atoms with Crippen molar-refractivity contribution in [2.24, 2.45) is 28.1 Å². The highest BCUT2D eigenvalue weighted by Crippen LogP contribution is 2.28. The first-order chi connectivity index (χ1) is 16.4. The number of nitrogens with two attached hydrogens (primary N) is 4. The lowest BCUT2D eigenvalue weighted by molar-refractivity contribution is 0.0996. The van der Waals surface area contributed by atoms with Gasteiger partial charge in [0.05, 0.1) is 23.8 Å². The van der Waals surface area contributed by atoms with Gasteiger partial charge in [-0.05, 0) is 31.0 Å². The van der Waals surface area contributed by atoms with E-state index in [0.29, 0.717) is 22.9 Å². The molecule has 1 aromatic carbocycles. The number of hydrogen-bond donors (Lipinski definition) is 8. The topological polar surface area (TPSA) is 222 Å². The van der Waals surface area contributed by atoms with Gasteiger partial charge in [0.1, 0.15) is 5.82 Å². The quantitative estimate of drug-likeness (QED) is 0.142. The summed E-state index contributed by atoms with van der Waals surface area (Å²) in [5, 5.41) is 18.7. The summed E-state index contributed by atoms with van der Waals surface area (Å²) in [5.74, 6) is 5.94. The normalized spacial score (nSPS) is 18.1. The molecule has 2 aromatic rings. The maximum Gasteiger partial charge on any atom is 0.271 e. The van der Waals surface area contributed by atoms with Crippen molar-refractivity contribution in [3.8, 4) is 0 Å². The van der Waals surface area contributed by atoms with Crippen molar-refractivity contribution in [1.82, 2.24) is 9.97 Å². The molecular formula is C21H30N12O. The Morgan fingerprint density at radius 1 is 1.24 bits per heavy atom. The first-order valence-electron chi connectivity index (χ1n) is 10.7. The fourth-order valence-corrected chi connectivity index (χ4v) is 3.62. The van der Waals surface area contributed by atoms with Crippen LogP contribution in [0.1, 0.15) is 36.2 Å². The minimum absolute atomic E-state index is 0.0146. The highest BCUT2D eigenvalue weighted by Gasteiger charge is 2.23. The highest BCUT2D eigenvalue weighted by atomic mass is 16.1. The molecule has 12 N–H and O–H groups in total. The van der Waals surface area contributed by atoms with Crippen LogP contribution < -0.4 is 44.1 Å². The second-order valence-electron chi connectivity index (χ2n) is 7.71. The number of hydrogen-bond acceptors (Lipinski definition) is 12. The number of aromatic nitrogens is 2. The van der Waals surface area contributed by atoms with E-state index in [1.807, 2.05) is 0 Å². The zero-order valence-electron chi connectivity index (χ0n) is 18.6. The van der Waals surface area contributed by atoms with Crippen LogP contribution >= 0.6 is 0 Å². The molecule has 0 spiro atoms. The second kappa shape index (κ2) is 11.6. The zero-order valence-corrected chi connectivity index (χ0v) is 18.6. The van der Waals surface area contributed by atoms with E-state index < -0.39 is 5.91 Å². The van der Waals surface area contributed by atoms with Gasteiger partial charge in [-0.2, -0.15) is 5.10 Å². The molecule has 0 bridgehead atoms. The molecule has 1 fully saturated rings. The number of hydrazine groups is 1. The zero-order chi connectivity index (χ0) is 24.5. The summed E-state index contributed by atoms with van der Waals surface area (Å²) < 4.78 is 0. The Bertz CT molecular complexity index is 1070. The number of hydrazone groups is 1. The van der Waals surface area contributed by atoms with E-state index in [1.165, 1.54) is 29.8 Å². The molecule has 1 amide bonds. The van der Waals surface area contributed by atoms with Crippen molar-refractivity contribution in [3.05, 3.63) is 42.5 Å². The lowest BCUT2D eigenvalue weighted by Crippen LogP contribution is -2.42. The number of carbonyl (C=O) groups is 1. The van der Waals surface area contributed by atoms with Crippen LogP contribution in [0.2, 0.25) is 0 Å². The van der Waals surface area contributed by atoms with Gasteiger partial charge in [0, 0.05) is 36.4 Å². The van der Waals surface area contributed by atoms with Crippen LogP contribution in [0.15, 0.2) is 41.9 Å². The van der Waals surface area contributed by atoms with Crippen LogP contribution in [-0.2, 0) is 0 Å². The molecule has 2 atom stereocenters. The molecule has 0 saturated heterocycles. The average molecular weight is 467 g/mol. The summed E-state index contributed by atoms with van der Waals surface area (Å²) in [6.07, 6.45) is 10.6. The van der Waals surface area contributed by atoms with E-state index in [4.69, 9.17) is 28.5 Å². The van der Waals surface area contributed by atoms with Gasteiger partial charge in [-0.1, -0.05) is 12.8 Å². The maximum absolute atomic E-state index is 12.0. The van der Waals surface area contributed by atoms with E-state index in [1.54, 1.807) is 18.2 Å². The Balaban J connectivity index is 1.94.